The highest BCUT2D eigenvalue weighted by molar-refractivity contribution is 7.99. The van der Waals surface area contributed by atoms with Gasteiger partial charge in [0.25, 0.3) is 5.69 Å². The number of Topliss-reactive ketones (excluding diaryl/α,β-unsaturated/α-hetero) is 1. The van der Waals surface area contributed by atoms with Gasteiger partial charge in [-0.05, 0) is 24.3 Å². The number of non-ortho nitro benzene ring substituents is 1. The molecule has 0 aliphatic heterocycles. The highest BCUT2D eigenvalue weighted by Gasteiger charge is 2.09. The first-order valence-electron chi connectivity index (χ1n) is 5.49. The number of hydrogen-bond acceptors (Lipinski definition) is 5. The lowest BCUT2D eigenvalue weighted by atomic mass is 10.1. The zero-order chi connectivity index (χ0) is 13.4. The molecule has 5 nitrogen and oxygen atoms in total. The fourth-order valence-corrected chi connectivity index (χ4v) is 2.14. The van der Waals surface area contributed by atoms with Gasteiger partial charge in [0, 0.05) is 31.4 Å². The third-order valence-corrected chi connectivity index (χ3v) is 3.31. The minimum atomic E-state index is -0.478. The SMILES string of the molecule is COCCCSCC(=O)c1ccc([N+](=O)[O-])cc1. The average Bonchev–Trinajstić information content (AvgIpc) is 2.38. The Morgan fingerprint density at radius 2 is 2.06 bits per heavy atom. The fourth-order valence-electron chi connectivity index (χ4n) is 1.32. The van der Waals surface area contributed by atoms with Crippen molar-refractivity contribution in [3.63, 3.8) is 0 Å². The van der Waals surface area contributed by atoms with Crippen molar-refractivity contribution in [2.24, 2.45) is 0 Å². The summed E-state index contributed by atoms with van der Waals surface area (Å²) in [6.45, 7) is 0.693. The largest absolute Gasteiger partial charge is 0.385 e. The topological polar surface area (TPSA) is 69.4 Å². The van der Waals surface area contributed by atoms with Crippen LogP contribution >= 0.6 is 11.8 Å². The Labute approximate surface area is 110 Å². The van der Waals surface area contributed by atoms with Crippen molar-refractivity contribution >= 4 is 23.2 Å². The van der Waals surface area contributed by atoms with Crippen molar-refractivity contribution in [2.75, 3.05) is 25.2 Å². The standard InChI is InChI=1S/C12H15NO4S/c1-17-7-2-8-18-9-12(14)10-3-5-11(6-4-10)13(15)16/h3-6H,2,7-9H2,1H3. The monoisotopic (exact) mass is 269 g/mol. The van der Waals surface area contributed by atoms with Crippen LogP contribution in [0.15, 0.2) is 24.3 Å². The van der Waals surface area contributed by atoms with Crippen LogP contribution in [0.5, 0.6) is 0 Å². The van der Waals surface area contributed by atoms with Gasteiger partial charge >= 0.3 is 0 Å². The van der Waals surface area contributed by atoms with Gasteiger partial charge < -0.3 is 4.74 Å². The Bertz CT molecular complexity index is 405. The number of rotatable bonds is 8. The van der Waals surface area contributed by atoms with Crippen LogP contribution in [-0.4, -0.2) is 35.9 Å². The first-order chi connectivity index (χ1) is 8.65. The molecule has 6 heteroatoms. The summed E-state index contributed by atoms with van der Waals surface area (Å²) in [5.74, 6) is 1.25. The van der Waals surface area contributed by atoms with Gasteiger partial charge in [0.15, 0.2) is 5.78 Å². The van der Waals surface area contributed by atoms with Crippen LogP contribution in [0.2, 0.25) is 0 Å². The van der Waals surface area contributed by atoms with E-state index in [2.05, 4.69) is 0 Å². The lowest BCUT2D eigenvalue weighted by Gasteiger charge is -2.01. The van der Waals surface area contributed by atoms with Crippen molar-refractivity contribution in [2.45, 2.75) is 6.42 Å². The predicted molar refractivity (Wildman–Crippen MR) is 71.2 cm³/mol. The summed E-state index contributed by atoms with van der Waals surface area (Å²) in [6.07, 6.45) is 0.911. The van der Waals surface area contributed by atoms with E-state index in [1.165, 1.54) is 24.3 Å². The first kappa shape index (κ1) is 14.7. The number of thioether (sulfide) groups is 1. The zero-order valence-electron chi connectivity index (χ0n) is 10.1. The predicted octanol–water partition coefficient (Wildman–Crippen LogP) is 2.55. The molecule has 98 valence electrons. The third-order valence-electron chi connectivity index (χ3n) is 2.27. The molecular formula is C12H15NO4S. The molecule has 0 saturated carbocycles. The number of nitrogens with zero attached hydrogens (tertiary/aromatic N) is 1. The molecule has 1 rings (SSSR count). The van der Waals surface area contributed by atoms with Gasteiger partial charge in [-0.3, -0.25) is 14.9 Å². The van der Waals surface area contributed by atoms with Gasteiger partial charge in [-0.15, -0.1) is 0 Å². The minimum Gasteiger partial charge on any atom is -0.385 e. The summed E-state index contributed by atoms with van der Waals surface area (Å²) in [5.41, 5.74) is 0.513. The van der Waals surface area contributed by atoms with Gasteiger partial charge in [-0.25, -0.2) is 0 Å². The molecule has 1 aromatic carbocycles. The van der Waals surface area contributed by atoms with Gasteiger partial charge in [0.05, 0.1) is 10.7 Å². The summed E-state index contributed by atoms with van der Waals surface area (Å²) in [6, 6.07) is 5.69. The Morgan fingerprint density at radius 3 is 2.61 bits per heavy atom. The van der Waals surface area contributed by atoms with E-state index in [-0.39, 0.29) is 11.5 Å². The molecule has 0 aromatic heterocycles. The van der Waals surface area contributed by atoms with Crippen LogP contribution in [0.3, 0.4) is 0 Å². The number of methoxy groups -OCH3 is 1. The van der Waals surface area contributed by atoms with Gasteiger partial charge in [0.2, 0.25) is 0 Å². The van der Waals surface area contributed by atoms with Crippen LogP contribution in [0.25, 0.3) is 0 Å². The molecule has 0 heterocycles. The third kappa shape index (κ3) is 4.85. The van der Waals surface area contributed by atoms with Crippen molar-refractivity contribution in [3.05, 3.63) is 39.9 Å². The number of nitro groups is 1. The van der Waals surface area contributed by atoms with Crippen molar-refractivity contribution in [3.8, 4) is 0 Å². The van der Waals surface area contributed by atoms with E-state index in [1.807, 2.05) is 0 Å². The number of ketones is 1. The molecule has 0 unspecified atom stereocenters. The number of carbonyl (C=O) groups excluding carboxylic acids is 1. The molecule has 0 N–H and O–H groups in total. The van der Waals surface area contributed by atoms with Crippen molar-refractivity contribution in [1.82, 2.24) is 0 Å². The number of ether oxygens (including phenoxy) is 1. The zero-order valence-corrected chi connectivity index (χ0v) is 10.9. The molecule has 0 bridgehead atoms. The van der Waals surface area contributed by atoms with E-state index in [0.29, 0.717) is 17.9 Å². The Hall–Kier alpha value is -1.40. The van der Waals surface area contributed by atoms with Crippen molar-refractivity contribution < 1.29 is 14.5 Å². The molecule has 0 spiro atoms. The normalized spacial score (nSPS) is 10.3. The number of nitro benzene ring substituents is 1. The maximum atomic E-state index is 11.7. The number of benzene rings is 1. The average molecular weight is 269 g/mol. The van der Waals surface area contributed by atoms with Crippen LogP contribution in [-0.2, 0) is 4.74 Å². The van der Waals surface area contributed by atoms with Crippen LogP contribution in [0, 0.1) is 10.1 Å². The first-order valence-corrected chi connectivity index (χ1v) is 6.65. The van der Waals surface area contributed by atoms with Crippen LogP contribution < -0.4 is 0 Å². The summed E-state index contributed by atoms with van der Waals surface area (Å²) >= 11 is 1.54. The minimum absolute atomic E-state index is 0.000650. The summed E-state index contributed by atoms with van der Waals surface area (Å²) < 4.78 is 4.91. The molecule has 1 aromatic rings. The quantitative estimate of drug-likeness (QED) is 0.314. The molecule has 0 radical (unpaired) electrons. The van der Waals surface area contributed by atoms with Crippen LogP contribution in [0.4, 0.5) is 5.69 Å². The number of hydrogen-bond donors (Lipinski definition) is 0. The number of carbonyl (C=O) groups is 1. The van der Waals surface area contributed by atoms with E-state index in [4.69, 9.17) is 4.74 Å². The molecule has 0 aliphatic rings. The summed E-state index contributed by atoms with van der Waals surface area (Å²) in [7, 11) is 1.65. The smallest absolute Gasteiger partial charge is 0.269 e. The molecular weight excluding hydrogens is 254 g/mol. The maximum absolute atomic E-state index is 11.7. The van der Waals surface area contributed by atoms with E-state index in [0.717, 1.165) is 12.2 Å². The molecule has 0 fully saturated rings. The summed E-state index contributed by atoms with van der Waals surface area (Å²) in [5, 5.41) is 10.5. The molecule has 0 amide bonds. The molecule has 0 saturated heterocycles. The highest BCUT2D eigenvalue weighted by Crippen LogP contribution is 2.14. The molecule has 0 aliphatic carbocycles. The fraction of sp³-hybridized carbons (Fsp3) is 0.417. The molecule has 0 atom stereocenters. The lowest BCUT2D eigenvalue weighted by Crippen LogP contribution is -2.03. The van der Waals surface area contributed by atoms with E-state index >= 15 is 0 Å². The van der Waals surface area contributed by atoms with Gasteiger partial charge in [-0.1, -0.05) is 0 Å². The lowest BCUT2D eigenvalue weighted by molar-refractivity contribution is -0.384. The Balaban J connectivity index is 2.39. The highest BCUT2D eigenvalue weighted by atomic mass is 32.2. The van der Waals surface area contributed by atoms with E-state index in [1.54, 1.807) is 18.9 Å². The Kier molecular flexibility index (Phi) is 6.38. The summed E-state index contributed by atoms with van der Waals surface area (Å²) in [4.78, 5) is 21.7. The second kappa shape index (κ2) is 7.84. The van der Waals surface area contributed by atoms with E-state index in [9.17, 15) is 14.9 Å². The van der Waals surface area contributed by atoms with Gasteiger partial charge in [0.1, 0.15) is 0 Å². The van der Waals surface area contributed by atoms with E-state index < -0.39 is 4.92 Å². The van der Waals surface area contributed by atoms with Gasteiger partial charge in [-0.2, -0.15) is 11.8 Å². The Morgan fingerprint density at radius 1 is 1.39 bits per heavy atom. The maximum Gasteiger partial charge on any atom is 0.269 e. The second-order valence-corrected chi connectivity index (χ2v) is 4.73. The second-order valence-electron chi connectivity index (χ2n) is 3.63. The molecule has 18 heavy (non-hydrogen) atoms. The van der Waals surface area contributed by atoms with Crippen LogP contribution in [0.1, 0.15) is 16.8 Å². The van der Waals surface area contributed by atoms with Crippen molar-refractivity contribution in [1.29, 1.82) is 0 Å².